The van der Waals surface area contributed by atoms with Gasteiger partial charge in [0.25, 0.3) is 0 Å². The minimum atomic E-state index is 0. The second-order valence-electron chi connectivity index (χ2n) is 2.92. The van der Waals surface area contributed by atoms with Crippen LogP contribution in [0.15, 0.2) is 30.3 Å². The van der Waals surface area contributed by atoms with Crippen molar-refractivity contribution < 1.29 is 67.0 Å². The van der Waals surface area contributed by atoms with Crippen LogP contribution in [0.1, 0.15) is 33.3 Å². The molecule has 18 heavy (non-hydrogen) atoms. The summed E-state index contributed by atoms with van der Waals surface area (Å²) in [5.74, 6) is 1.46. The molecule has 0 aliphatic rings. The molecule has 107 valence electrons. The number of benzene rings is 1. The summed E-state index contributed by atoms with van der Waals surface area (Å²) < 4.78 is 0. The first-order chi connectivity index (χ1) is 7.20. The van der Waals surface area contributed by atoms with Crippen LogP contribution in [0, 0.1) is 13.3 Å². The SMILES string of the molecule is CC.C[C-](C)Cc1ccccc1.I[I-]I.[CH3-].[W].[Y]. The first kappa shape index (κ1) is 33.0. The summed E-state index contributed by atoms with van der Waals surface area (Å²) in [5.41, 5.74) is 1.41. The molecule has 1 aromatic carbocycles. The van der Waals surface area contributed by atoms with E-state index < -0.39 is 0 Å². The van der Waals surface area contributed by atoms with Gasteiger partial charge < -0.3 is 13.3 Å². The quantitative estimate of drug-likeness (QED) is 0.318. The molecule has 5 heteroatoms. The maximum atomic E-state index is 2.39. The zero-order valence-electron chi connectivity index (χ0n) is 11.7. The van der Waals surface area contributed by atoms with Gasteiger partial charge in [-0.1, -0.05) is 49.7 Å². The van der Waals surface area contributed by atoms with Gasteiger partial charge in [0.15, 0.2) is 0 Å². The van der Waals surface area contributed by atoms with E-state index in [0.29, 0.717) is 13.3 Å². The Hall–Kier alpha value is 3.20. The van der Waals surface area contributed by atoms with Crippen molar-refractivity contribution in [3.8, 4) is 0 Å². The summed E-state index contributed by atoms with van der Waals surface area (Å²) in [4.78, 5) is 0. The molecule has 0 heterocycles. The standard InChI is InChI=1S/C10H13.C2H6.CH3.I3.W.Y/c1-9(2)8-10-6-4-3-5-7-10;1-2;;1-3-2;;/h3-7H,8H2,1-2H3;1-2H3;1H3;;;/q-1;;2*-1;;. The number of hydrogen-bond donors (Lipinski definition) is 0. The molecule has 0 fully saturated rings. The smallest absolute Gasteiger partial charge is 0 e. The molecule has 0 spiro atoms. The van der Waals surface area contributed by atoms with Crippen LogP contribution < -0.4 is 13.3 Å². The number of halogens is 3. The van der Waals surface area contributed by atoms with Gasteiger partial charge in [0.2, 0.25) is 0 Å². The van der Waals surface area contributed by atoms with Gasteiger partial charge in [-0.3, -0.25) is 0 Å². The summed E-state index contributed by atoms with van der Waals surface area (Å²) in [6.07, 6.45) is 1.11. The second kappa shape index (κ2) is 28.4. The molecule has 0 bridgehead atoms. The van der Waals surface area contributed by atoms with Gasteiger partial charge in [0.1, 0.15) is 0 Å². The Kier molecular flexibility index (Phi) is 52.0. The molecular formula is C13H22I3WY-3. The minimum Gasteiger partial charge on any atom is -0.358 e. The number of hydrogen-bond acceptors (Lipinski definition) is 0. The van der Waals surface area contributed by atoms with Gasteiger partial charge in [0, 0.05) is 53.8 Å². The number of rotatable bonds is 2. The Balaban J connectivity index is -0.0000000627. The molecule has 0 atom stereocenters. The van der Waals surface area contributed by atoms with Crippen LogP contribution in [0.2, 0.25) is 0 Å². The summed E-state index contributed by atoms with van der Waals surface area (Å²) >= 11 is 5.30. The van der Waals surface area contributed by atoms with E-state index >= 15 is 0 Å². The maximum absolute atomic E-state index is 2.39. The van der Waals surface area contributed by atoms with E-state index in [0.717, 1.165) is 6.42 Å². The van der Waals surface area contributed by atoms with Crippen LogP contribution in [-0.2, 0) is 60.2 Å². The molecule has 1 radical (unpaired) electrons. The Labute approximate surface area is 184 Å². The minimum absolute atomic E-state index is 0. The van der Waals surface area contributed by atoms with Crippen molar-refractivity contribution in [3.63, 3.8) is 0 Å². The van der Waals surface area contributed by atoms with Gasteiger partial charge >= 0.3 is 50.5 Å². The van der Waals surface area contributed by atoms with E-state index in [-0.39, 0.29) is 61.2 Å². The van der Waals surface area contributed by atoms with Crippen molar-refractivity contribution in [2.45, 2.75) is 34.1 Å². The molecule has 0 nitrogen and oxygen atoms in total. The zero-order chi connectivity index (χ0) is 12.1. The Morgan fingerprint density at radius 3 is 1.67 bits per heavy atom. The molecule has 0 aromatic heterocycles. The Morgan fingerprint density at radius 2 is 1.39 bits per heavy atom. The topological polar surface area (TPSA) is 0 Å². The fourth-order valence-electron chi connectivity index (χ4n) is 1.00. The molecule has 0 unspecified atom stereocenters. The third kappa shape index (κ3) is 27.5. The van der Waals surface area contributed by atoms with Crippen LogP contribution in [0.3, 0.4) is 0 Å². The van der Waals surface area contributed by atoms with Crippen molar-refractivity contribution in [2.24, 2.45) is 0 Å². The second-order valence-corrected chi connectivity index (χ2v) is 19.2. The first-order valence-corrected chi connectivity index (χ1v) is 17.5. The fourth-order valence-corrected chi connectivity index (χ4v) is 1.00. The largest absolute Gasteiger partial charge is 0.358 e. The molecular weight excluding hydrogens is 810 g/mol. The first-order valence-electron chi connectivity index (χ1n) is 4.90. The van der Waals surface area contributed by atoms with Crippen molar-refractivity contribution in [1.82, 2.24) is 0 Å². The molecule has 0 N–H and O–H groups in total. The summed E-state index contributed by atoms with van der Waals surface area (Å²) in [6.45, 7) is 8.32. The Morgan fingerprint density at radius 1 is 1.06 bits per heavy atom. The normalized spacial score (nSPS) is 7.28. The van der Waals surface area contributed by atoms with Crippen molar-refractivity contribution >= 4 is 37.2 Å². The fraction of sp³-hybridized carbons (Fsp3) is 0.385. The molecule has 0 saturated heterocycles. The molecule has 0 amide bonds. The van der Waals surface area contributed by atoms with E-state index in [2.05, 4.69) is 81.4 Å². The van der Waals surface area contributed by atoms with Crippen LogP contribution >= 0.6 is 37.2 Å². The maximum Gasteiger partial charge on any atom is 0 e. The van der Waals surface area contributed by atoms with Gasteiger partial charge in [-0.25, -0.2) is 0 Å². The van der Waals surface area contributed by atoms with Crippen molar-refractivity contribution in [2.75, 3.05) is 0 Å². The van der Waals surface area contributed by atoms with Gasteiger partial charge in [-0.15, -0.1) is 0 Å². The summed E-state index contributed by atoms with van der Waals surface area (Å²) in [6, 6.07) is 10.5. The van der Waals surface area contributed by atoms with E-state index in [9.17, 15) is 0 Å². The average Bonchev–Trinajstić information content (AvgIpc) is 2.22. The monoisotopic (exact) mass is 832 g/mol. The third-order valence-corrected chi connectivity index (χ3v) is 1.40. The summed E-state index contributed by atoms with van der Waals surface area (Å²) in [5, 5.41) is 0. The van der Waals surface area contributed by atoms with Crippen LogP contribution in [0.5, 0.6) is 0 Å². The van der Waals surface area contributed by atoms with E-state index in [1.165, 1.54) is 11.5 Å². The van der Waals surface area contributed by atoms with Crippen LogP contribution in [-0.4, -0.2) is 0 Å². The van der Waals surface area contributed by atoms with E-state index in [1.54, 1.807) is 0 Å². The predicted octanol–water partition coefficient (Wildman–Crippen LogP) is 3.09. The molecule has 0 aliphatic carbocycles. The van der Waals surface area contributed by atoms with Crippen molar-refractivity contribution in [3.05, 3.63) is 49.2 Å². The van der Waals surface area contributed by atoms with Gasteiger partial charge in [-0.05, 0) is 0 Å². The molecule has 0 saturated carbocycles. The molecule has 1 aromatic rings. The van der Waals surface area contributed by atoms with Gasteiger partial charge in [0.05, 0.1) is 0 Å². The third-order valence-electron chi connectivity index (χ3n) is 1.40. The van der Waals surface area contributed by atoms with Gasteiger partial charge in [-0.2, -0.15) is 20.3 Å². The van der Waals surface area contributed by atoms with E-state index in [1.807, 2.05) is 13.8 Å². The van der Waals surface area contributed by atoms with E-state index in [4.69, 9.17) is 0 Å². The molecule has 1 rings (SSSR count). The zero-order valence-corrected chi connectivity index (χ0v) is 24.0. The predicted molar refractivity (Wildman–Crippen MR) is 90.5 cm³/mol. The Bertz CT molecular complexity index is 209. The molecule has 0 aliphatic heterocycles. The van der Waals surface area contributed by atoms with Crippen molar-refractivity contribution in [1.29, 1.82) is 0 Å². The van der Waals surface area contributed by atoms with Crippen LogP contribution in [0.25, 0.3) is 0 Å². The summed E-state index contributed by atoms with van der Waals surface area (Å²) in [7, 11) is 0. The average molecular weight is 832 g/mol. The van der Waals surface area contributed by atoms with Crippen LogP contribution in [0.4, 0.5) is 0 Å².